The molecule has 0 bridgehead atoms. The van der Waals surface area contributed by atoms with Crippen LogP contribution in [0.25, 0.3) is 0 Å². The SMILES string of the molecule is C[C@H]1OCC[C@@H]1Nc1cc(F)cc(F)c1. The van der Waals surface area contributed by atoms with Crippen LogP contribution in [0.3, 0.4) is 0 Å². The summed E-state index contributed by atoms with van der Waals surface area (Å²) in [7, 11) is 0. The van der Waals surface area contributed by atoms with Crippen LogP contribution in [0.15, 0.2) is 18.2 Å². The zero-order valence-corrected chi connectivity index (χ0v) is 8.47. The number of nitrogens with one attached hydrogen (secondary N) is 1. The monoisotopic (exact) mass is 213 g/mol. The van der Waals surface area contributed by atoms with E-state index in [1.165, 1.54) is 12.1 Å². The molecule has 0 spiro atoms. The van der Waals surface area contributed by atoms with Crippen LogP contribution >= 0.6 is 0 Å². The topological polar surface area (TPSA) is 21.3 Å². The van der Waals surface area contributed by atoms with Crippen LogP contribution in [-0.4, -0.2) is 18.8 Å². The van der Waals surface area contributed by atoms with Gasteiger partial charge in [-0.3, -0.25) is 0 Å². The summed E-state index contributed by atoms with van der Waals surface area (Å²) in [4.78, 5) is 0. The van der Waals surface area contributed by atoms with E-state index < -0.39 is 11.6 Å². The largest absolute Gasteiger partial charge is 0.379 e. The normalized spacial score (nSPS) is 25.5. The summed E-state index contributed by atoms with van der Waals surface area (Å²) in [6.07, 6.45) is 0.940. The summed E-state index contributed by atoms with van der Waals surface area (Å²) in [5, 5.41) is 3.07. The van der Waals surface area contributed by atoms with Crippen molar-refractivity contribution in [1.29, 1.82) is 0 Å². The first kappa shape index (κ1) is 10.4. The highest BCUT2D eigenvalue weighted by atomic mass is 19.1. The Morgan fingerprint density at radius 2 is 1.93 bits per heavy atom. The molecule has 1 N–H and O–H groups in total. The number of hydrogen-bond acceptors (Lipinski definition) is 2. The van der Waals surface area contributed by atoms with Gasteiger partial charge in [0.1, 0.15) is 11.6 Å². The zero-order chi connectivity index (χ0) is 10.8. The van der Waals surface area contributed by atoms with Gasteiger partial charge in [0.05, 0.1) is 12.1 Å². The fourth-order valence-electron chi connectivity index (χ4n) is 1.77. The minimum Gasteiger partial charge on any atom is -0.379 e. The maximum atomic E-state index is 12.9. The molecule has 0 aromatic heterocycles. The predicted octanol–water partition coefficient (Wildman–Crippen LogP) is 2.55. The lowest BCUT2D eigenvalue weighted by Crippen LogP contribution is -2.26. The number of anilines is 1. The van der Waals surface area contributed by atoms with Crippen molar-refractivity contribution in [3.05, 3.63) is 29.8 Å². The second-order valence-corrected chi connectivity index (χ2v) is 3.77. The molecule has 15 heavy (non-hydrogen) atoms. The second kappa shape index (κ2) is 4.14. The third-order valence-electron chi connectivity index (χ3n) is 2.59. The minimum atomic E-state index is -0.566. The van der Waals surface area contributed by atoms with Crippen molar-refractivity contribution in [2.24, 2.45) is 0 Å². The van der Waals surface area contributed by atoms with E-state index in [1.54, 1.807) is 0 Å². The molecule has 1 aliphatic heterocycles. The van der Waals surface area contributed by atoms with Gasteiger partial charge in [-0.1, -0.05) is 0 Å². The lowest BCUT2D eigenvalue weighted by Gasteiger charge is -2.17. The number of ether oxygens (including phenoxy) is 1. The molecule has 1 heterocycles. The van der Waals surface area contributed by atoms with E-state index in [4.69, 9.17) is 4.74 Å². The predicted molar refractivity (Wildman–Crippen MR) is 53.8 cm³/mol. The van der Waals surface area contributed by atoms with Gasteiger partial charge in [0.25, 0.3) is 0 Å². The highest BCUT2D eigenvalue weighted by molar-refractivity contribution is 5.45. The van der Waals surface area contributed by atoms with Crippen molar-refractivity contribution in [3.8, 4) is 0 Å². The first-order chi connectivity index (χ1) is 7.15. The van der Waals surface area contributed by atoms with Crippen molar-refractivity contribution >= 4 is 5.69 Å². The van der Waals surface area contributed by atoms with E-state index in [9.17, 15) is 8.78 Å². The first-order valence-electron chi connectivity index (χ1n) is 4.99. The molecule has 2 atom stereocenters. The molecule has 1 fully saturated rings. The maximum Gasteiger partial charge on any atom is 0.128 e. The average Bonchev–Trinajstić information content (AvgIpc) is 2.50. The van der Waals surface area contributed by atoms with E-state index >= 15 is 0 Å². The maximum absolute atomic E-state index is 12.9. The van der Waals surface area contributed by atoms with Crippen molar-refractivity contribution < 1.29 is 13.5 Å². The average molecular weight is 213 g/mol. The Morgan fingerprint density at radius 1 is 1.27 bits per heavy atom. The van der Waals surface area contributed by atoms with Gasteiger partial charge in [-0.15, -0.1) is 0 Å². The number of rotatable bonds is 2. The number of hydrogen-bond donors (Lipinski definition) is 1. The number of halogens is 2. The van der Waals surface area contributed by atoms with Gasteiger partial charge in [-0.05, 0) is 25.5 Å². The molecule has 0 radical (unpaired) electrons. The van der Waals surface area contributed by atoms with Gasteiger partial charge in [-0.25, -0.2) is 8.78 Å². The Balaban J connectivity index is 2.10. The molecule has 0 saturated carbocycles. The van der Waals surface area contributed by atoms with Crippen LogP contribution in [0.4, 0.5) is 14.5 Å². The molecule has 4 heteroatoms. The van der Waals surface area contributed by atoms with E-state index in [1.807, 2.05) is 6.92 Å². The quantitative estimate of drug-likeness (QED) is 0.815. The van der Waals surface area contributed by atoms with Gasteiger partial charge in [-0.2, -0.15) is 0 Å². The van der Waals surface area contributed by atoms with Crippen molar-refractivity contribution in [3.63, 3.8) is 0 Å². The summed E-state index contributed by atoms with van der Waals surface area (Å²) >= 11 is 0. The Labute approximate surface area is 87.2 Å². The van der Waals surface area contributed by atoms with E-state index in [0.717, 1.165) is 12.5 Å². The molecule has 0 aliphatic carbocycles. The molecule has 1 aromatic rings. The Morgan fingerprint density at radius 3 is 2.47 bits per heavy atom. The van der Waals surface area contributed by atoms with Gasteiger partial charge in [0.15, 0.2) is 0 Å². The van der Waals surface area contributed by atoms with Crippen LogP contribution in [0.5, 0.6) is 0 Å². The van der Waals surface area contributed by atoms with E-state index in [-0.39, 0.29) is 12.1 Å². The van der Waals surface area contributed by atoms with Gasteiger partial charge < -0.3 is 10.1 Å². The smallest absolute Gasteiger partial charge is 0.128 e. The molecule has 2 rings (SSSR count). The molecule has 1 saturated heterocycles. The van der Waals surface area contributed by atoms with Gasteiger partial charge >= 0.3 is 0 Å². The van der Waals surface area contributed by atoms with Crippen LogP contribution in [0, 0.1) is 11.6 Å². The summed E-state index contributed by atoms with van der Waals surface area (Å²) in [6.45, 7) is 2.64. The number of benzene rings is 1. The molecule has 1 aliphatic rings. The Hall–Kier alpha value is -1.16. The molecule has 1 aromatic carbocycles. The van der Waals surface area contributed by atoms with Crippen molar-refractivity contribution in [1.82, 2.24) is 0 Å². The molecule has 0 unspecified atom stereocenters. The zero-order valence-electron chi connectivity index (χ0n) is 8.47. The standard InChI is InChI=1S/C11H13F2NO/c1-7-11(2-3-15-7)14-10-5-8(12)4-9(13)6-10/h4-7,11,14H,2-3H2,1H3/t7-,11+/m1/s1. The Bertz CT molecular complexity index is 336. The lowest BCUT2D eigenvalue weighted by molar-refractivity contribution is 0.121. The van der Waals surface area contributed by atoms with Gasteiger partial charge in [0.2, 0.25) is 0 Å². The summed E-state index contributed by atoms with van der Waals surface area (Å²) < 4.78 is 31.1. The molecule has 82 valence electrons. The fourth-order valence-corrected chi connectivity index (χ4v) is 1.77. The minimum absolute atomic E-state index is 0.0799. The molecule has 2 nitrogen and oxygen atoms in total. The fraction of sp³-hybridized carbons (Fsp3) is 0.455. The third-order valence-corrected chi connectivity index (χ3v) is 2.59. The van der Waals surface area contributed by atoms with E-state index in [0.29, 0.717) is 12.3 Å². The summed E-state index contributed by atoms with van der Waals surface area (Å²) in [6, 6.07) is 3.56. The van der Waals surface area contributed by atoms with Crippen LogP contribution in [0.2, 0.25) is 0 Å². The molecular weight excluding hydrogens is 200 g/mol. The van der Waals surface area contributed by atoms with Gasteiger partial charge in [0, 0.05) is 18.4 Å². The Kier molecular flexibility index (Phi) is 2.86. The lowest BCUT2D eigenvalue weighted by atomic mass is 10.1. The van der Waals surface area contributed by atoms with Crippen LogP contribution in [-0.2, 0) is 4.74 Å². The molecule has 0 amide bonds. The molecular formula is C11H13F2NO. The van der Waals surface area contributed by atoms with Crippen LogP contribution in [0.1, 0.15) is 13.3 Å². The first-order valence-corrected chi connectivity index (χ1v) is 4.99. The van der Waals surface area contributed by atoms with Crippen LogP contribution < -0.4 is 5.32 Å². The third kappa shape index (κ3) is 2.45. The second-order valence-electron chi connectivity index (χ2n) is 3.77. The highest BCUT2D eigenvalue weighted by Crippen LogP contribution is 2.20. The summed E-state index contributed by atoms with van der Waals surface area (Å²) in [5.74, 6) is -1.13. The van der Waals surface area contributed by atoms with Crippen molar-refractivity contribution in [2.45, 2.75) is 25.5 Å². The van der Waals surface area contributed by atoms with E-state index in [2.05, 4.69) is 5.32 Å². The van der Waals surface area contributed by atoms with Crippen molar-refractivity contribution in [2.75, 3.05) is 11.9 Å². The highest BCUT2D eigenvalue weighted by Gasteiger charge is 2.23. The summed E-state index contributed by atoms with van der Waals surface area (Å²) in [5.41, 5.74) is 0.467.